The molecule has 70 valence electrons. The minimum atomic E-state index is -1.49. The van der Waals surface area contributed by atoms with Gasteiger partial charge < -0.3 is 10.0 Å². The van der Waals surface area contributed by atoms with Crippen LogP contribution in [-0.2, 0) is 0 Å². The van der Waals surface area contributed by atoms with E-state index in [0.717, 1.165) is 5.56 Å². The SMILES string of the molecule is CC(C)c1cccc(Cl)c1B(O)O. The van der Waals surface area contributed by atoms with Crippen molar-refractivity contribution in [3.8, 4) is 0 Å². The minimum absolute atomic E-state index is 0.232. The van der Waals surface area contributed by atoms with E-state index in [-0.39, 0.29) is 5.92 Å². The van der Waals surface area contributed by atoms with Gasteiger partial charge in [0.2, 0.25) is 0 Å². The van der Waals surface area contributed by atoms with Gasteiger partial charge in [0, 0.05) is 10.5 Å². The first-order chi connectivity index (χ1) is 6.04. The van der Waals surface area contributed by atoms with Crippen LogP contribution in [0.3, 0.4) is 0 Å². The molecule has 0 heterocycles. The van der Waals surface area contributed by atoms with Crippen LogP contribution < -0.4 is 5.46 Å². The lowest BCUT2D eigenvalue weighted by molar-refractivity contribution is 0.425. The standard InChI is InChI=1S/C9H12BClO2/c1-6(2)7-4-3-5-8(11)9(7)10(12)13/h3-6,12-13H,1-2H3. The molecule has 0 unspecified atom stereocenters. The van der Waals surface area contributed by atoms with Crippen LogP contribution in [0.15, 0.2) is 18.2 Å². The number of rotatable bonds is 2. The highest BCUT2D eigenvalue weighted by molar-refractivity contribution is 6.63. The predicted molar refractivity (Wildman–Crippen MR) is 55.4 cm³/mol. The monoisotopic (exact) mass is 198 g/mol. The van der Waals surface area contributed by atoms with E-state index < -0.39 is 7.12 Å². The molecule has 0 amide bonds. The molecule has 0 saturated heterocycles. The van der Waals surface area contributed by atoms with Crippen molar-refractivity contribution in [2.45, 2.75) is 19.8 Å². The molecular formula is C9H12BClO2. The molecule has 4 heteroatoms. The van der Waals surface area contributed by atoms with Crippen molar-refractivity contribution in [2.24, 2.45) is 0 Å². The van der Waals surface area contributed by atoms with Crippen LogP contribution in [0.25, 0.3) is 0 Å². The largest absolute Gasteiger partial charge is 0.490 e. The second-order valence-corrected chi connectivity index (χ2v) is 3.68. The first-order valence-electron chi connectivity index (χ1n) is 4.18. The molecule has 0 aromatic heterocycles. The summed E-state index contributed by atoms with van der Waals surface area (Å²) in [4.78, 5) is 0. The van der Waals surface area contributed by atoms with Crippen LogP contribution in [0.5, 0.6) is 0 Å². The summed E-state index contributed by atoms with van der Waals surface area (Å²) in [6.07, 6.45) is 0. The zero-order chi connectivity index (χ0) is 10.0. The number of halogens is 1. The lowest BCUT2D eigenvalue weighted by Crippen LogP contribution is -2.34. The van der Waals surface area contributed by atoms with Gasteiger partial charge in [-0.25, -0.2) is 0 Å². The quantitative estimate of drug-likeness (QED) is 0.700. The summed E-state index contributed by atoms with van der Waals surface area (Å²) in [6, 6.07) is 5.32. The molecule has 2 N–H and O–H groups in total. The van der Waals surface area contributed by atoms with Crippen LogP contribution >= 0.6 is 11.6 Å². The van der Waals surface area contributed by atoms with Crippen molar-refractivity contribution in [3.05, 3.63) is 28.8 Å². The van der Waals surface area contributed by atoms with Crippen molar-refractivity contribution >= 4 is 24.2 Å². The number of benzene rings is 1. The van der Waals surface area contributed by atoms with E-state index in [1.54, 1.807) is 6.07 Å². The molecule has 1 aromatic rings. The fourth-order valence-corrected chi connectivity index (χ4v) is 1.61. The van der Waals surface area contributed by atoms with Gasteiger partial charge in [-0.05, 0) is 17.5 Å². The fourth-order valence-electron chi connectivity index (χ4n) is 1.33. The normalized spacial score (nSPS) is 10.6. The highest BCUT2D eigenvalue weighted by atomic mass is 35.5. The lowest BCUT2D eigenvalue weighted by Gasteiger charge is -2.13. The molecule has 1 rings (SSSR count). The van der Waals surface area contributed by atoms with Gasteiger partial charge in [-0.3, -0.25) is 0 Å². The molecule has 0 bridgehead atoms. The van der Waals surface area contributed by atoms with Crippen LogP contribution in [0.2, 0.25) is 5.02 Å². The van der Waals surface area contributed by atoms with Gasteiger partial charge in [-0.2, -0.15) is 0 Å². The fraction of sp³-hybridized carbons (Fsp3) is 0.333. The van der Waals surface area contributed by atoms with E-state index in [0.29, 0.717) is 10.5 Å². The number of hydrogen-bond acceptors (Lipinski definition) is 2. The van der Waals surface area contributed by atoms with Crippen molar-refractivity contribution in [3.63, 3.8) is 0 Å². The smallest absolute Gasteiger partial charge is 0.423 e. The van der Waals surface area contributed by atoms with Gasteiger partial charge in [0.25, 0.3) is 0 Å². The van der Waals surface area contributed by atoms with E-state index in [2.05, 4.69) is 0 Å². The van der Waals surface area contributed by atoms with Gasteiger partial charge in [0.05, 0.1) is 0 Å². The molecule has 0 atom stereocenters. The Kier molecular flexibility index (Phi) is 3.36. The summed E-state index contributed by atoms with van der Waals surface area (Å²) in [5.41, 5.74) is 1.29. The lowest BCUT2D eigenvalue weighted by atomic mass is 9.74. The van der Waals surface area contributed by atoms with Gasteiger partial charge in [0.15, 0.2) is 0 Å². The summed E-state index contributed by atoms with van der Waals surface area (Å²) in [7, 11) is -1.49. The summed E-state index contributed by atoms with van der Waals surface area (Å²) in [5.74, 6) is 0.232. The zero-order valence-corrected chi connectivity index (χ0v) is 8.42. The summed E-state index contributed by atoms with van der Waals surface area (Å²) >= 11 is 5.85. The van der Waals surface area contributed by atoms with Crippen molar-refractivity contribution in [1.29, 1.82) is 0 Å². The molecule has 0 aliphatic rings. The molecule has 0 fully saturated rings. The Hall–Kier alpha value is -0.505. The van der Waals surface area contributed by atoms with E-state index in [4.69, 9.17) is 21.6 Å². The maximum absolute atomic E-state index is 9.11. The second-order valence-electron chi connectivity index (χ2n) is 3.27. The van der Waals surface area contributed by atoms with Crippen LogP contribution in [-0.4, -0.2) is 17.2 Å². The Morgan fingerprint density at radius 3 is 2.31 bits per heavy atom. The molecule has 0 radical (unpaired) electrons. The van der Waals surface area contributed by atoms with Gasteiger partial charge in [-0.1, -0.05) is 37.6 Å². The molecule has 0 aliphatic heterocycles. The third-order valence-corrected chi connectivity index (χ3v) is 2.30. The molecule has 2 nitrogen and oxygen atoms in total. The minimum Gasteiger partial charge on any atom is -0.423 e. The third kappa shape index (κ3) is 2.24. The average molecular weight is 198 g/mol. The van der Waals surface area contributed by atoms with E-state index in [9.17, 15) is 0 Å². The second kappa shape index (κ2) is 4.14. The van der Waals surface area contributed by atoms with E-state index in [1.807, 2.05) is 26.0 Å². The van der Waals surface area contributed by atoms with Crippen LogP contribution in [0.4, 0.5) is 0 Å². The van der Waals surface area contributed by atoms with Crippen LogP contribution in [0.1, 0.15) is 25.3 Å². The Bertz CT molecular complexity index is 300. The Morgan fingerprint density at radius 2 is 1.92 bits per heavy atom. The maximum Gasteiger partial charge on any atom is 0.490 e. The van der Waals surface area contributed by atoms with Crippen molar-refractivity contribution < 1.29 is 10.0 Å². The molecule has 0 spiro atoms. The summed E-state index contributed by atoms with van der Waals surface area (Å²) in [5, 5.41) is 18.6. The molecular weight excluding hydrogens is 186 g/mol. The van der Waals surface area contributed by atoms with E-state index in [1.165, 1.54) is 0 Å². The van der Waals surface area contributed by atoms with Crippen LogP contribution in [0, 0.1) is 0 Å². The van der Waals surface area contributed by atoms with E-state index >= 15 is 0 Å². The highest BCUT2D eigenvalue weighted by Gasteiger charge is 2.20. The molecule has 1 aromatic carbocycles. The predicted octanol–water partition coefficient (Wildman–Crippen LogP) is 1.14. The van der Waals surface area contributed by atoms with Crippen molar-refractivity contribution in [2.75, 3.05) is 0 Å². The molecule has 0 saturated carbocycles. The number of hydrogen-bond donors (Lipinski definition) is 2. The summed E-state index contributed by atoms with van der Waals surface area (Å²) in [6.45, 7) is 3.97. The zero-order valence-electron chi connectivity index (χ0n) is 7.66. The Balaban J connectivity index is 3.26. The molecule has 13 heavy (non-hydrogen) atoms. The Morgan fingerprint density at radius 1 is 1.31 bits per heavy atom. The van der Waals surface area contributed by atoms with Gasteiger partial charge >= 0.3 is 7.12 Å². The van der Waals surface area contributed by atoms with Gasteiger partial charge in [-0.15, -0.1) is 0 Å². The topological polar surface area (TPSA) is 40.5 Å². The third-order valence-electron chi connectivity index (χ3n) is 1.97. The maximum atomic E-state index is 9.11. The van der Waals surface area contributed by atoms with Crippen molar-refractivity contribution in [1.82, 2.24) is 0 Å². The highest BCUT2D eigenvalue weighted by Crippen LogP contribution is 2.16. The Labute approximate surface area is 83.3 Å². The summed E-state index contributed by atoms with van der Waals surface area (Å²) < 4.78 is 0. The average Bonchev–Trinajstić information content (AvgIpc) is 2.02. The molecule has 0 aliphatic carbocycles. The first kappa shape index (κ1) is 10.6. The first-order valence-corrected chi connectivity index (χ1v) is 4.56. The van der Waals surface area contributed by atoms with Gasteiger partial charge in [0.1, 0.15) is 0 Å².